The second-order valence-corrected chi connectivity index (χ2v) is 8.34. The topological polar surface area (TPSA) is 83.9 Å². The quantitative estimate of drug-likeness (QED) is 0.627. The molecule has 0 saturated carbocycles. The zero-order valence-corrected chi connectivity index (χ0v) is 19.1. The smallest absolute Gasteiger partial charge is 0.338 e. The Bertz CT molecular complexity index is 1160. The molecule has 1 amide bonds. The van der Waals surface area contributed by atoms with Crippen molar-refractivity contribution in [3.8, 4) is 0 Å². The lowest BCUT2D eigenvalue weighted by Gasteiger charge is -2.36. The van der Waals surface area contributed by atoms with E-state index in [4.69, 9.17) is 4.74 Å². The van der Waals surface area contributed by atoms with E-state index in [-0.39, 0.29) is 17.9 Å². The van der Waals surface area contributed by atoms with E-state index in [9.17, 15) is 14.0 Å². The average molecular weight is 467 g/mol. The third kappa shape index (κ3) is 4.83. The van der Waals surface area contributed by atoms with E-state index < -0.39 is 17.8 Å². The largest absolute Gasteiger partial charge is 0.466 e. The first-order valence-corrected chi connectivity index (χ1v) is 11.3. The third-order valence-electron chi connectivity index (χ3n) is 5.38. The first-order chi connectivity index (χ1) is 16.0. The van der Waals surface area contributed by atoms with E-state index in [1.165, 1.54) is 24.9 Å². The van der Waals surface area contributed by atoms with Crippen LogP contribution in [-0.4, -0.2) is 40.6 Å². The van der Waals surface area contributed by atoms with Crippen LogP contribution < -0.4 is 5.32 Å². The second-order valence-electron chi connectivity index (χ2n) is 7.50. The van der Waals surface area contributed by atoms with Crippen molar-refractivity contribution < 1.29 is 18.7 Å². The number of nitrogens with one attached hydrogen (secondary N) is 1. The van der Waals surface area contributed by atoms with Crippen LogP contribution in [0, 0.1) is 5.82 Å². The van der Waals surface area contributed by atoms with Gasteiger partial charge in [0.2, 0.25) is 5.91 Å². The summed E-state index contributed by atoms with van der Waals surface area (Å²) in [5.41, 5.74) is 2.55. The molecule has 0 saturated heterocycles. The Kier molecular flexibility index (Phi) is 6.88. The Balaban J connectivity index is 1.55. The third-order valence-corrected chi connectivity index (χ3v) is 6.27. The minimum Gasteiger partial charge on any atom is -0.466 e. The molecule has 1 aromatic carbocycles. The number of hydrogen-bond acceptors (Lipinski definition) is 7. The number of ether oxygens (including phenoxy) is 1. The number of nitrogens with zero attached hydrogens (tertiary/aromatic N) is 3. The van der Waals surface area contributed by atoms with Crippen molar-refractivity contribution in [3.63, 3.8) is 0 Å². The van der Waals surface area contributed by atoms with E-state index in [1.54, 1.807) is 36.2 Å². The fourth-order valence-electron chi connectivity index (χ4n) is 3.83. The van der Waals surface area contributed by atoms with Crippen LogP contribution in [0.5, 0.6) is 0 Å². The van der Waals surface area contributed by atoms with Crippen molar-refractivity contribution in [1.82, 2.24) is 15.2 Å². The zero-order valence-electron chi connectivity index (χ0n) is 18.2. The van der Waals surface area contributed by atoms with Gasteiger partial charge in [0.15, 0.2) is 5.17 Å². The van der Waals surface area contributed by atoms with Gasteiger partial charge in [-0.05, 0) is 30.5 Å². The van der Waals surface area contributed by atoms with Crippen molar-refractivity contribution in [2.75, 3.05) is 13.7 Å². The number of halogens is 1. The lowest BCUT2D eigenvalue weighted by Crippen LogP contribution is -2.38. The summed E-state index contributed by atoms with van der Waals surface area (Å²) in [6.45, 7) is 2.15. The Hall–Kier alpha value is -3.46. The van der Waals surface area contributed by atoms with E-state index in [2.05, 4.69) is 15.3 Å². The molecule has 0 fully saturated rings. The molecule has 2 aliphatic rings. The van der Waals surface area contributed by atoms with Gasteiger partial charge in [-0.2, -0.15) is 0 Å². The molecule has 0 unspecified atom stereocenters. The number of aliphatic imine (C=N–C) groups is 1. The van der Waals surface area contributed by atoms with Gasteiger partial charge < -0.3 is 15.0 Å². The first kappa shape index (κ1) is 22.7. The molecule has 2 aliphatic heterocycles. The summed E-state index contributed by atoms with van der Waals surface area (Å²) in [5.74, 6) is -1.22. The molecule has 2 aromatic rings. The summed E-state index contributed by atoms with van der Waals surface area (Å²) < 4.78 is 19.8. The molecule has 1 atom stereocenters. The number of fused-ring (bicyclic) bond motifs is 1. The maximum atomic E-state index is 14.9. The number of hydrogen-bond donors (Lipinski definition) is 1. The molecule has 7 nitrogen and oxygen atoms in total. The van der Waals surface area contributed by atoms with Gasteiger partial charge in [0, 0.05) is 36.1 Å². The number of esters is 1. The second kappa shape index (κ2) is 9.99. The highest BCUT2D eigenvalue weighted by Crippen LogP contribution is 2.45. The number of benzene rings is 1. The molecular weight excluding hydrogens is 443 g/mol. The fourth-order valence-corrected chi connectivity index (χ4v) is 4.80. The van der Waals surface area contributed by atoms with Gasteiger partial charge in [-0.15, -0.1) is 0 Å². The highest BCUT2D eigenvalue weighted by atomic mass is 32.2. The summed E-state index contributed by atoms with van der Waals surface area (Å²) in [6, 6.07) is 11.2. The van der Waals surface area contributed by atoms with Gasteiger partial charge in [-0.1, -0.05) is 36.0 Å². The number of rotatable bonds is 7. The summed E-state index contributed by atoms with van der Waals surface area (Å²) in [6.07, 6.45) is 2.39. The van der Waals surface area contributed by atoms with Crippen LogP contribution in [0.1, 0.15) is 30.6 Å². The van der Waals surface area contributed by atoms with Gasteiger partial charge in [0.25, 0.3) is 0 Å². The van der Waals surface area contributed by atoms with Crippen LogP contribution >= 0.6 is 11.8 Å². The molecule has 0 radical (unpaired) electrons. The number of amides is 1. The Morgan fingerprint density at radius 1 is 1.21 bits per heavy atom. The lowest BCUT2D eigenvalue weighted by atomic mass is 9.93. The van der Waals surface area contributed by atoms with Crippen molar-refractivity contribution in [2.45, 2.75) is 25.8 Å². The number of amidine groups is 1. The summed E-state index contributed by atoms with van der Waals surface area (Å²) >= 11 is 1.34. The predicted molar refractivity (Wildman–Crippen MR) is 124 cm³/mol. The van der Waals surface area contributed by atoms with Gasteiger partial charge >= 0.3 is 5.97 Å². The van der Waals surface area contributed by atoms with Gasteiger partial charge in [-0.25, -0.2) is 14.2 Å². The van der Waals surface area contributed by atoms with Crippen LogP contribution in [0.25, 0.3) is 0 Å². The lowest BCUT2D eigenvalue weighted by molar-refractivity contribution is -0.136. The molecule has 170 valence electrons. The normalized spacial score (nSPS) is 17.3. The first-order valence-electron chi connectivity index (χ1n) is 10.4. The number of methoxy groups -OCH3 is 1. The predicted octanol–water partition coefficient (Wildman–Crippen LogP) is 3.72. The van der Waals surface area contributed by atoms with Gasteiger partial charge in [0.05, 0.1) is 30.8 Å². The Morgan fingerprint density at radius 3 is 2.73 bits per heavy atom. The maximum Gasteiger partial charge on any atom is 0.338 e. The van der Waals surface area contributed by atoms with E-state index in [0.29, 0.717) is 35.1 Å². The van der Waals surface area contributed by atoms with Crippen LogP contribution in [0.2, 0.25) is 0 Å². The summed E-state index contributed by atoms with van der Waals surface area (Å²) in [7, 11) is 1.28. The number of carbonyl (C=O) groups excluding carboxylic acids is 2. The molecule has 1 N–H and O–H groups in total. The summed E-state index contributed by atoms with van der Waals surface area (Å²) in [5, 5.41) is 5.31. The zero-order chi connectivity index (χ0) is 23.4. The highest BCUT2D eigenvalue weighted by Gasteiger charge is 2.41. The number of thioether (sulfide) groups is 1. The van der Waals surface area contributed by atoms with Crippen LogP contribution in [-0.2, 0) is 20.7 Å². The van der Waals surface area contributed by atoms with Crippen LogP contribution in [0.4, 0.5) is 4.39 Å². The van der Waals surface area contributed by atoms with E-state index in [1.807, 2.05) is 23.6 Å². The standard InChI is InChI=1S/C24H23FN4O3S/c1-15-21(23(31)32-2)22(18-8-3-4-9-19(18)25)29-17(14-33-24(29)28-15)13-20(30)27-12-10-16-7-5-6-11-26-16/h3-9,11,14,22H,10,12-13H2,1-2H3,(H,27,30)/t22-/m0/s1. The minimum atomic E-state index is -0.784. The van der Waals surface area contributed by atoms with Crippen molar-refractivity contribution in [2.24, 2.45) is 4.99 Å². The van der Waals surface area contributed by atoms with E-state index in [0.717, 1.165) is 5.69 Å². The molecule has 3 heterocycles. The molecule has 4 rings (SSSR count). The Labute approximate surface area is 195 Å². The van der Waals surface area contributed by atoms with Crippen LogP contribution in [0.15, 0.2) is 76.0 Å². The molecule has 9 heteroatoms. The van der Waals surface area contributed by atoms with Crippen LogP contribution in [0.3, 0.4) is 0 Å². The van der Waals surface area contributed by atoms with Gasteiger partial charge in [-0.3, -0.25) is 9.78 Å². The molecule has 0 aliphatic carbocycles. The number of carbonyl (C=O) groups is 2. The van der Waals surface area contributed by atoms with Crippen molar-refractivity contribution in [3.05, 3.63) is 88.1 Å². The minimum absolute atomic E-state index is 0.0622. The number of pyridine rings is 1. The van der Waals surface area contributed by atoms with E-state index >= 15 is 0 Å². The maximum absolute atomic E-state index is 14.9. The SMILES string of the molecule is COC(=O)C1=C(C)N=C2SC=C(CC(=O)NCCc3ccccn3)N2[C@H]1c1ccccc1F. The highest BCUT2D eigenvalue weighted by molar-refractivity contribution is 8.16. The molecule has 0 spiro atoms. The molecule has 1 aromatic heterocycles. The van der Waals surface area contributed by atoms with Crippen molar-refractivity contribution in [1.29, 1.82) is 0 Å². The summed E-state index contributed by atoms with van der Waals surface area (Å²) in [4.78, 5) is 35.9. The molecule has 33 heavy (non-hydrogen) atoms. The van der Waals surface area contributed by atoms with Crippen molar-refractivity contribution >= 4 is 28.8 Å². The number of allylic oxidation sites excluding steroid dienone is 1. The molecular formula is C24H23FN4O3S. The molecule has 0 bridgehead atoms. The monoisotopic (exact) mass is 466 g/mol. The fraction of sp³-hybridized carbons (Fsp3) is 0.250. The average Bonchev–Trinajstić information content (AvgIpc) is 3.20. The number of aromatic nitrogens is 1. The Morgan fingerprint density at radius 2 is 2.00 bits per heavy atom. The van der Waals surface area contributed by atoms with Gasteiger partial charge in [0.1, 0.15) is 5.82 Å².